The summed E-state index contributed by atoms with van der Waals surface area (Å²) < 4.78 is 0. The topological polar surface area (TPSA) is 0 Å². The van der Waals surface area contributed by atoms with Crippen molar-refractivity contribution >= 4 is 0 Å². The SMILES string of the molecule is CCCCCCCc1ccc(-c2cccc(CCCc3ccccc3)c2)c(CCCCCCC)c1CCCCCCC. The Labute approximate surface area is 260 Å². The van der Waals surface area contributed by atoms with Gasteiger partial charge in [-0.15, -0.1) is 0 Å². The van der Waals surface area contributed by atoms with E-state index in [0.717, 1.165) is 12.8 Å². The van der Waals surface area contributed by atoms with Crippen LogP contribution < -0.4 is 0 Å². The number of benzene rings is 3. The van der Waals surface area contributed by atoms with E-state index in [9.17, 15) is 0 Å². The molecule has 0 aliphatic rings. The quantitative estimate of drug-likeness (QED) is 0.100. The van der Waals surface area contributed by atoms with Crippen molar-refractivity contribution in [1.29, 1.82) is 0 Å². The van der Waals surface area contributed by atoms with Gasteiger partial charge in [0.2, 0.25) is 0 Å². The largest absolute Gasteiger partial charge is 0.0654 e. The van der Waals surface area contributed by atoms with E-state index in [-0.39, 0.29) is 0 Å². The lowest BCUT2D eigenvalue weighted by atomic mass is 9.84. The molecular weight excluding hydrogens is 504 g/mol. The third-order valence-electron chi connectivity index (χ3n) is 9.15. The standard InChI is InChI=1S/C42H62/c1-4-7-10-13-19-29-38-33-34-41(39-30-23-28-37(35-39)27-22-26-36-24-17-16-18-25-36)42(32-21-15-12-9-6-3)40(38)31-20-14-11-8-5-2/h16-18,23-25,28,30,33-35H,4-15,19-22,26-27,29,31-32H2,1-3H3. The molecule has 42 heavy (non-hydrogen) atoms. The molecule has 0 amide bonds. The van der Waals surface area contributed by atoms with Gasteiger partial charge in [0.25, 0.3) is 0 Å². The van der Waals surface area contributed by atoms with Crippen LogP contribution in [0.1, 0.15) is 151 Å². The third kappa shape index (κ3) is 12.5. The van der Waals surface area contributed by atoms with E-state index < -0.39 is 0 Å². The van der Waals surface area contributed by atoms with E-state index >= 15 is 0 Å². The van der Waals surface area contributed by atoms with Crippen LogP contribution in [-0.4, -0.2) is 0 Å². The smallest absolute Gasteiger partial charge is 0.0149 e. The second-order valence-electron chi connectivity index (χ2n) is 12.8. The fraction of sp³-hybridized carbons (Fsp3) is 0.571. The van der Waals surface area contributed by atoms with Crippen LogP contribution in [0.25, 0.3) is 11.1 Å². The summed E-state index contributed by atoms with van der Waals surface area (Å²) in [4.78, 5) is 0. The summed E-state index contributed by atoms with van der Waals surface area (Å²) in [6.45, 7) is 6.97. The number of unbranched alkanes of at least 4 members (excludes halogenated alkanes) is 12. The number of rotatable bonds is 23. The van der Waals surface area contributed by atoms with Gasteiger partial charge in [0, 0.05) is 0 Å². The summed E-state index contributed by atoms with van der Waals surface area (Å²) in [5.74, 6) is 0. The van der Waals surface area contributed by atoms with Crippen LogP contribution >= 0.6 is 0 Å². The van der Waals surface area contributed by atoms with E-state index in [1.807, 2.05) is 0 Å². The van der Waals surface area contributed by atoms with Gasteiger partial charge < -0.3 is 0 Å². The normalized spacial score (nSPS) is 11.3. The Morgan fingerprint density at radius 1 is 0.381 bits per heavy atom. The summed E-state index contributed by atoms with van der Waals surface area (Å²) >= 11 is 0. The van der Waals surface area contributed by atoms with Gasteiger partial charge in [-0.05, 0) is 96.7 Å². The third-order valence-corrected chi connectivity index (χ3v) is 9.15. The molecule has 0 atom stereocenters. The first-order chi connectivity index (χ1) is 20.8. The zero-order chi connectivity index (χ0) is 29.7. The number of aryl methyl sites for hydroxylation is 3. The highest BCUT2D eigenvalue weighted by Gasteiger charge is 2.15. The second kappa shape index (κ2) is 21.4. The predicted molar refractivity (Wildman–Crippen MR) is 188 cm³/mol. The van der Waals surface area contributed by atoms with Crippen molar-refractivity contribution in [2.75, 3.05) is 0 Å². The van der Waals surface area contributed by atoms with E-state index in [4.69, 9.17) is 0 Å². The minimum atomic E-state index is 1.15. The lowest BCUT2D eigenvalue weighted by Gasteiger charge is -2.21. The first-order valence-electron chi connectivity index (χ1n) is 18.0. The van der Waals surface area contributed by atoms with Crippen molar-refractivity contribution in [1.82, 2.24) is 0 Å². The average molecular weight is 567 g/mol. The highest BCUT2D eigenvalue weighted by Crippen LogP contribution is 2.33. The van der Waals surface area contributed by atoms with Gasteiger partial charge in [-0.2, -0.15) is 0 Å². The van der Waals surface area contributed by atoms with Gasteiger partial charge in [0.15, 0.2) is 0 Å². The molecule has 230 valence electrons. The van der Waals surface area contributed by atoms with Crippen LogP contribution in [0.2, 0.25) is 0 Å². The second-order valence-corrected chi connectivity index (χ2v) is 12.8. The zero-order valence-electron chi connectivity index (χ0n) is 27.7. The molecule has 0 saturated carbocycles. The molecule has 0 bridgehead atoms. The molecule has 0 aliphatic heterocycles. The van der Waals surface area contributed by atoms with Gasteiger partial charge >= 0.3 is 0 Å². The number of hydrogen-bond donors (Lipinski definition) is 0. The first-order valence-corrected chi connectivity index (χ1v) is 18.0. The van der Waals surface area contributed by atoms with Gasteiger partial charge in [-0.1, -0.05) is 165 Å². The maximum atomic E-state index is 2.53. The molecule has 3 aromatic rings. The lowest BCUT2D eigenvalue weighted by Crippen LogP contribution is -2.05. The minimum absolute atomic E-state index is 1.15. The molecular formula is C42H62. The fourth-order valence-electron chi connectivity index (χ4n) is 6.61. The van der Waals surface area contributed by atoms with Crippen LogP contribution in [0, 0.1) is 0 Å². The first kappa shape index (κ1) is 34.2. The molecule has 0 fully saturated rings. The molecule has 0 N–H and O–H groups in total. The summed E-state index contributed by atoms with van der Waals surface area (Å²) in [5.41, 5.74) is 11.0. The van der Waals surface area contributed by atoms with E-state index in [1.54, 1.807) is 16.7 Å². The summed E-state index contributed by atoms with van der Waals surface area (Å²) in [7, 11) is 0. The highest BCUT2D eigenvalue weighted by atomic mass is 14.2. The van der Waals surface area contributed by atoms with Crippen LogP contribution in [0.4, 0.5) is 0 Å². The molecule has 0 aliphatic carbocycles. The molecule has 0 radical (unpaired) electrons. The Hall–Kier alpha value is -2.34. The van der Waals surface area contributed by atoms with Crippen molar-refractivity contribution in [3.05, 3.63) is 94.5 Å². The lowest BCUT2D eigenvalue weighted by molar-refractivity contribution is 0.613. The fourth-order valence-corrected chi connectivity index (χ4v) is 6.61. The Balaban J connectivity index is 1.84. The van der Waals surface area contributed by atoms with Crippen LogP contribution in [0.3, 0.4) is 0 Å². The maximum Gasteiger partial charge on any atom is -0.0149 e. The molecule has 3 rings (SSSR count). The van der Waals surface area contributed by atoms with Crippen molar-refractivity contribution in [3.8, 4) is 11.1 Å². The molecule has 0 unspecified atom stereocenters. The molecule has 0 aromatic heterocycles. The van der Waals surface area contributed by atoms with Crippen molar-refractivity contribution in [2.24, 2.45) is 0 Å². The Morgan fingerprint density at radius 3 is 1.57 bits per heavy atom. The van der Waals surface area contributed by atoms with Crippen LogP contribution in [0.15, 0.2) is 66.7 Å². The van der Waals surface area contributed by atoms with Crippen molar-refractivity contribution < 1.29 is 0 Å². The molecule has 0 saturated heterocycles. The van der Waals surface area contributed by atoms with Gasteiger partial charge in [0.05, 0.1) is 0 Å². The molecule has 0 nitrogen and oxygen atoms in total. The average Bonchev–Trinajstić information content (AvgIpc) is 3.02. The summed E-state index contributed by atoms with van der Waals surface area (Å²) in [5, 5.41) is 0. The van der Waals surface area contributed by atoms with Crippen molar-refractivity contribution in [2.45, 2.75) is 156 Å². The minimum Gasteiger partial charge on any atom is -0.0654 e. The predicted octanol–water partition coefficient (Wildman–Crippen LogP) is 13.1. The van der Waals surface area contributed by atoms with Gasteiger partial charge in [-0.3, -0.25) is 0 Å². The molecule has 0 spiro atoms. The Bertz CT molecular complexity index is 1090. The Morgan fingerprint density at radius 2 is 0.929 bits per heavy atom. The molecule has 0 heterocycles. The highest BCUT2D eigenvalue weighted by molar-refractivity contribution is 5.70. The van der Waals surface area contributed by atoms with Crippen LogP contribution in [0.5, 0.6) is 0 Å². The summed E-state index contributed by atoms with van der Waals surface area (Å²) in [6, 6.07) is 25.5. The zero-order valence-corrected chi connectivity index (χ0v) is 27.7. The maximum absolute atomic E-state index is 2.53. The summed E-state index contributed by atoms with van der Waals surface area (Å²) in [6.07, 6.45) is 27.7. The monoisotopic (exact) mass is 566 g/mol. The molecule has 0 heteroatoms. The van der Waals surface area contributed by atoms with E-state index in [2.05, 4.69) is 87.5 Å². The van der Waals surface area contributed by atoms with E-state index in [0.29, 0.717) is 0 Å². The van der Waals surface area contributed by atoms with Gasteiger partial charge in [0.1, 0.15) is 0 Å². The van der Waals surface area contributed by atoms with Crippen molar-refractivity contribution in [3.63, 3.8) is 0 Å². The van der Waals surface area contributed by atoms with E-state index in [1.165, 1.54) is 144 Å². The Kier molecular flexibility index (Phi) is 17.4. The molecule has 3 aromatic carbocycles. The van der Waals surface area contributed by atoms with Crippen LogP contribution in [-0.2, 0) is 32.1 Å². The van der Waals surface area contributed by atoms with Gasteiger partial charge in [-0.25, -0.2) is 0 Å². The number of hydrogen-bond acceptors (Lipinski definition) is 0.